The molecule has 1 aromatic rings. The van der Waals surface area contributed by atoms with Gasteiger partial charge in [-0.1, -0.05) is 0 Å². The molecule has 0 radical (unpaired) electrons. The molecule has 28 heavy (non-hydrogen) atoms. The van der Waals surface area contributed by atoms with E-state index in [9.17, 15) is 17.6 Å². The van der Waals surface area contributed by atoms with Crippen LogP contribution < -0.4 is 21.7 Å². The summed E-state index contributed by atoms with van der Waals surface area (Å²) in [6, 6.07) is 0. The molecule has 5 N–H and O–H groups in total. The number of alkyl halides is 4. The predicted octanol–water partition coefficient (Wildman–Crippen LogP) is 2.11. The summed E-state index contributed by atoms with van der Waals surface area (Å²) in [6.07, 6.45) is 0.536. The average Bonchev–Trinajstić information content (AvgIpc) is 3.10. The van der Waals surface area contributed by atoms with Crippen LogP contribution in [0.2, 0.25) is 0 Å². The van der Waals surface area contributed by atoms with E-state index in [1.54, 1.807) is 11.6 Å². The lowest BCUT2D eigenvalue weighted by molar-refractivity contribution is -0.119. The molecule has 0 bridgehead atoms. The van der Waals surface area contributed by atoms with Crippen LogP contribution in [0.3, 0.4) is 0 Å². The number of hydrogen-bond donors (Lipinski definition) is 4. The number of aliphatic imine (C=N–C) groups is 2. The summed E-state index contributed by atoms with van der Waals surface area (Å²) in [4.78, 5) is 11.4. The number of hydrogen-bond acceptors (Lipinski definition) is 5. The highest BCUT2D eigenvalue weighted by Crippen LogP contribution is 2.26. The summed E-state index contributed by atoms with van der Waals surface area (Å²) in [6.45, 7) is 0.960. The zero-order chi connectivity index (χ0) is 21.2. The smallest absolute Gasteiger partial charge is 0.326 e. The van der Waals surface area contributed by atoms with E-state index >= 15 is 0 Å². The largest absolute Gasteiger partial charge is 0.370 e. The number of rotatable bonds is 9. The summed E-state index contributed by atoms with van der Waals surface area (Å²) in [5.41, 5.74) is 6.16. The molecule has 0 saturated carbocycles. The number of nitrogens with two attached hydrogens (primary N) is 1. The molecule has 0 saturated heterocycles. The van der Waals surface area contributed by atoms with Crippen molar-refractivity contribution < 1.29 is 17.6 Å². The molecule has 0 spiro atoms. The second kappa shape index (κ2) is 11.2. The van der Waals surface area contributed by atoms with E-state index in [2.05, 4.69) is 30.9 Å². The second-order valence-corrected chi connectivity index (χ2v) is 6.29. The Kier molecular flexibility index (Phi) is 9.29. The predicted molar refractivity (Wildman–Crippen MR) is 101 cm³/mol. The third-order valence-electron chi connectivity index (χ3n) is 3.46. The Morgan fingerprint density at radius 1 is 1.50 bits per heavy atom. The van der Waals surface area contributed by atoms with Crippen LogP contribution in [0.1, 0.15) is 25.0 Å². The van der Waals surface area contributed by atoms with Crippen LogP contribution in [0.5, 0.6) is 0 Å². The molecule has 0 fully saturated rings. The first-order valence-corrected chi connectivity index (χ1v) is 8.95. The van der Waals surface area contributed by atoms with Crippen molar-refractivity contribution in [2.75, 3.05) is 25.5 Å². The van der Waals surface area contributed by atoms with E-state index < -0.39 is 24.9 Å². The van der Waals surface area contributed by atoms with Gasteiger partial charge in [-0.3, -0.25) is 10.3 Å². The SMILES string of the molecule is C[CH+]C(CCNC(=NC)NC#N)c1csc(NC(N)=NCC(F)(F)C(F)F)n1. The van der Waals surface area contributed by atoms with E-state index in [0.717, 1.165) is 0 Å². The fourth-order valence-corrected chi connectivity index (χ4v) is 2.77. The summed E-state index contributed by atoms with van der Waals surface area (Å²) in [7, 11) is 1.54. The number of anilines is 1. The Morgan fingerprint density at radius 3 is 2.79 bits per heavy atom. The van der Waals surface area contributed by atoms with Crippen molar-refractivity contribution in [1.29, 1.82) is 5.26 Å². The Hall–Kier alpha value is -2.75. The first-order chi connectivity index (χ1) is 13.2. The highest BCUT2D eigenvalue weighted by atomic mass is 32.1. The van der Waals surface area contributed by atoms with Gasteiger partial charge in [0.2, 0.25) is 5.96 Å². The molecule has 1 aromatic heterocycles. The van der Waals surface area contributed by atoms with Gasteiger partial charge in [-0.15, -0.1) is 11.3 Å². The standard InChI is InChI=1S/C15H21F4N8S/c1-3-9(4-5-23-13(22-2)25-8-20)10-6-28-14(26-10)27-12(21)24-7-15(18,19)11(16)17/h3,6,9,11H,4-5,7H2,1-2H3,(H2,22,23,25)(H3,21,24,26,27)/q+1. The van der Waals surface area contributed by atoms with Crippen molar-refractivity contribution in [3.8, 4) is 6.19 Å². The van der Waals surface area contributed by atoms with E-state index in [1.165, 1.54) is 18.4 Å². The number of nitrogens with one attached hydrogen (secondary N) is 3. The van der Waals surface area contributed by atoms with Gasteiger partial charge in [0, 0.05) is 25.4 Å². The summed E-state index contributed by atoms with van der Waals surface area (Å²) in [5, 5.41) is 18.5. The Balaban J connectivity index is 2.62. The molecule has 1 unspecified atom stereocenters. The fourth-order valence-electron chi connectivity index (χ4n) is 1.99. The molecule has 1 atom stereocenters. The van der Waals surface area contributed by atoms with Crippen molar-refractivity contribution in [2.24, 2.45) is 15.7 Å². The van der Waals surface area contributed by atoms with Crippen LogP contribution in [0.4, 0.5) is 22.7 Å². The Bertz CT molecular complexity index is 713. The molecule has 0 amide bonds. The third kappa shape index (κ3) is 7.47. The molecule has 0 aliphatic rings. The highest BCUT2D eigenvalue weighted by Gasteiger charge is 2.40. The molecule has 0 aromatic carbocycles. The first kappa shape index (κ1) is 23.3. The number of nitrogens with zero attached hydrogens (tertiary/aromatic N) is 4. The van der Waals surface area contributed by atoms with Crippen molar-refractivity contribution in [3.63, 3.8) is 0 Å². The summed E-state index contributed by atoms with van der Waals surface area (Å²) >= 11 is 1.18. The topological polar surface area (TPSA) is 124 Å². The molecule has 8 nitrogen and oxygen atoms in total. The summed E-state index contributed by atoms with van der Waals surface area (Å²) in [5.74, 6) is -4.34. The normalized spacial score (nSPS) is 13.8. The minimum atomic E-state index is -4.24. The minimum Gasteiger partial charge on any atom is -0.370 e. The lowest BCUT2D eigenvalue weighted by atomic mass is 9.99. The molecule has 154 valence electrons. The molecule has 13 heteroatoms. The number of nitriles is 1. The van der Waals surface area contributed by atoms with Gasteiger partial charge in [-0.25, -0.2) is 18.8 Å². The maximum atomic E-state index is 12.9. The zero-order valence-electron chi connectivity index (χ0n) is 15.2. The number of halogens is 4. The number of guanidine groups is 2. The molecule has 1 heterocycles. The maximum absolute atomic E-state index is 12.9. The number of thiazole rings is 1. The van der Waals surface area contributed by atoms with Gasteiger partial charge in [0.25, 0.3) is 0 Å². The Labute approximate surface area is 164 Å². The van der Waals surface area contributed by atoms with Crippen molar-refractivity contribution in [1.82, 2.24) is 15.6 Å². The van der Waals surface area contributed by atoms with E-state index in [4.69, 9.17) is 11.0 Å². The molecular weight excluding hydrogens is 400 g/mol. The fraction of sp³-hybridized carbons (Fsp3) is 0.533. The van der Waals surface area contributed by atoms with Crippen molar-refractivity contribution >= 4 is 28.4 Å². The van der Waals surface area contributed by atoms with Gasteiger partial charge in [-0.2, -0.15) is 14.0 Å². The van der Waals surface area contributed by atoms with Crippen LogP contribution >= 0.6 is 11.3 Å². The maximum Gasteiger partial charge on any atom is 0.326 e. The van der Waals surface area contributed by atoms with Gasteiger partial charge in [0.1, 0.15) is 18.2 Å². The van der Waals surface area contributed by atoms with Gasteiger partial charge in [0.15, 0.2) is 17.3 Å². The molecule has 1 rings (SSSR count). The average molecular weight is 421 g/mol. The Morgan fingerprint density at radius 2 is 2.21 bits per heavy atom. The third-order valence-corrected chi connectivity index (χ3v) is 4.24. The summed E-state index contributed by atoms with van der Waals surface area (Å²) < 4.78 is 49.9. The van der Waals surface area contributed by atoms with Gasteiger partial charge >= 0.3 is 12.3 Å². The lowest BCUT2D eigenvalue weighted by Gasteiger charge is -2.12. The number of aromatic nitrogens is 1. The monoisotopic (exact) mass is 421 g/mol. The highest BCUT2D eigenvalue weighted by molar-refractivity contribution is 7.13. The molecular formula is C15H21F4N8S+. The van der Waals surface area contributed by atoms with Gasteiger partial charge < -0.3 is 16.4 Å². The van der Waals surface area contributed by atoms with Crippen LogP contribution in [-0.2, 0) is 0 Å². The van der Waals surface area contributed by atoms with Crippen LogP contribution in [0.25, 0.3) is 0 Å². The molecule has 0 aliphatic carbocycles. The van der Waals surface area contributed by atoms with E-state index in [0.29, 0.717) is 29.8 Å². The van der Waals surface area contributed by atoms with Crippen molar-refractivity contribution in [3.05, 3.63) is 17.5 Å². The molecule has 0 aliphatic heterocycles. The first-order valence-electron chi connectivity index (χ1n) is 8.07. The zero-order valence-corrected chi connectivity index (χ0v) is 16.0. The quantitative estimate of drug-likeness (QED) is 0.121. The van der Waals surface area contributed by atoms with Crippen LogP contribution in [0.15, 0.2) is 15.4 Å². The van der Waals surface area contributed by atoms with Gasteiger partial charge in [-0.05, 0) is 0 Å². The van der Waals surface area contributed by atoms with E-state index in [-0.39, 0.29) is 5.92 Å². The van der Waals surface area contributed by atoms with Crippen molar-refractivity contribution in [2.45, 2.75) is 31.6 Å². The minimum absolute atomic E-state index is 0.0270. The lowest BCUT2D eigenvalue weighted by Crippen LogP contribution is -2.35. The van der Waals surface area contributed by atoms with Crippen LogP contribution in [0, 0.1) is 17.9 Å². The van der Waals surface area contributed by atoms with Gasteiger partial charge in [0.05, 0.1) is 13.3 Å². The van der Waals surface area contributed by atoms with E-state index in [1.807, 2.05) is 13.3 Å². The van der Waals surface area contributed by atoms with Crippen LogP contribution in [-0.4, -0.2) is 49.4 Å². The second-order valence-electron chi connectivity index (χ2n) is 5.43.